The van der Waals surface area contributed by atoms with E-state index in [2.05, 4.69) is 16.0 Å². The Labute approximate surface area is 96.1 Å². The zero-order valence-electron chi connectivity index (χ0n) is 9.52. The number of rotatable bonds is 1. The first kappa shape index (κ1) is 10.2. The van der Waals surface area contributed by atoms with Crippen molar-refractivity contribution in [3.8, 4) is 0 Å². The molecular weight excluding hydrogens is 200 g/mol. The average Bonchev–Trinajstić information content (AvgIpc) is 2.68. The second kappa shape index (κ2) is 3.82. The Morgan fingerprint density at radius 2 is 2.12 bits per heavy atom. The van der Waals surface area contributed by atoms with Crippen molar-refractivity contribution >= 4 is 0 Å². The molecule has 1 aromatic heterocycles. The maximum atomic E-state index is 9.11. The number of pyridine rings is 1. The molecule has 0 amide bonds. The number of piperidine rings is 1. The third-order valence-corrected chi connectivity index (χ3v) is 4.21. The molecule has 3 nitrogen and oxygen atoms in total. The average molecular weight is 218 g/mol. The van der Waals surface area contributed by atoms with Gasteiger partial charge in [0.15, 0.2) is 0 Å². The molecule has 3 rings (SSSR count). The van der Waals surface area contributed by atoms with Gasteiger partial charge >= 0.3 is 0 Å². The first-order valence-electron chi connectivity index (χ1n) is 6.07. The van der Waals surface area contributed by atoms with Gasteiger partial charge in [0.05, 0.1) is 6.73 Å². The minimum Gasteiger partial charge on any atom is -0.381 e. The van der Waals surface area contributed by atoms with Gasteiger partial charge in [0.25, 0.3) is 0 Å². The molecule has 1 spiro atoms. The van der Waals surface area contributed by atoms with Crippen molar-refractivity contribution in [3.63, 3.8) is 0 Å². The molecule has 1 aliphatic heterocycles. The topological polar surface area (TPSA) is 36.4 Å². The van der Waals surface area contributed by atoms with Crippen LogP contribution in [0.15, 0.2) is 18.3 Å². The molecule has 1 fully saturated rings. The van der Waals surface area contributed by atoms with E-state index in [0.29, 0.717) is 5.41 Å². The van der Waals surface area contributed by atoms with E-state index in [1.807, 2.05) is 12.3 Å². The summed E-state index contributed by atoms with van der Waals surface area (Å²) in [6, 6.07) is 4.26. The minimum atomic E-state index is 0.210. The highest BCUT2D eigenvalue weighted by Crippen LogP contribution is 2.43. The summed E-state index contributed by atoms with van der Waals surface area (Å²) in [5.41, 5.74) is 3.20. The van der Waals surface area contributed by atoms with Gasteiger partial charge in [0.1, 0.15) is 0 Å². The second-order valence-corrected chi connectivity index (χ2v) is 5.22. The summed E-state index contributed by atoms with van der Waals surface area (Å²) >= 11 is 0. The van der Waals surface area contributed by atoms with E-state index in [-0.39, 0.29) is 6.73 Å². The van der Waals surface area contributed by atoms with E-state index in [9.17, 15) is 0 Å². The van der Waals surface area contributed by atoms with Crippen LogP contribution in [-0.4, -0.2) is 34.8 Å². The molecule has 3 heteroatoms. The third-order valence-electron chi connectivity index (χ3n) is 4.21. The highest BCUT2D eigenvalue weighted by Gasteiger charge is 2.40. The zero-order chi connectivity index (χ0) is 11.0. The standard InChI is InChI=1S/C13H18N2O/c16-10-15-6-3-13(4-7-15)8-11-2-1-5-14-12(11)9-13/h1-2,5,16H,3-4,6-10H2. The van der Waals surface area contributed by atoms with E-state index < -0.39 is 0 Å². The fourth-order valence-corrected chi connectivity index (χ4v) is 3.14. The van der Waals surface area contributed by atoms with Gasteiger partial charge in [-0.1, -0.05) is 6.07 Å². The van der Waals surface area contributed by atoms with Gasteiger partial charge < -0.3 is 5.11 Å². The number of aliphatic hydroxyl groups is 1. The van der Waals surface area contributed by atoms with Crippen LogP contribution in [0.2, 0.25) is 0 Å². The zero-order valence-corrected chi connectivity index (χ0v) is 9.52. The van der Waals surface area contributed by atoms with Gasteiger partial charge in [-0.2, -0.15) is 0 Å². The van der Waals surface area contributed by atoms with E-state index in [1.165, 1.54) is 30.5 Å². The second-order valence-electron chi connectivity index (χ2n) is 5.22. The molecule has 0 saturated carbocycles. The minimum absolute atomic E-state index is 0.210. The maximum Gasteiger partial charge on any atom is 0.0956 e. The number of hydrogen-bond acceptors (Lipinski definition) is 3. The maximum absolute atomic E-state index is 9.11. The molecule has 2 heterocycles. The summed E-state index contributed by atoms with van der Waals surface area (Å²) < 4.78 is 0. The van der Waals surface area contributed by atoms with Crippen LogP contribution in [0.3, 0.4) is 0 Å². The largest absolute Gasteiger partial charge is 0.381 e. The Hall–Kier alpha value is -0.930. The number of likely N-dealkylation sites (tertiary alicyclic amines) is 1. The van der Waals surface area contributed by atoms with Gasteiger partial charge in [-0.05, 0) is 42.7 Å². The van der Waals surface area contributed by atoms with E-state index in [4.69, 9.17) is 5.11 Å². The van der Waals surface area contributed by atoms with Crippen LogP contribution < -0.4 is 0 Å². The van der Waals surface area contributed by atoms with Crippen molar-refractivity contribution in [1.29, 1.82) is 0 Å². The fourth-order valence-electron chi connectivity index (χ4n) is 3.14. The molecule has 0 bridgehead atoms. The molecule has 1 saturated heterocycles. The molecule has 0 radical (unpaired) electrons. The van der Waals surface area contributed by atoms with Gasteiger partial charge in [0.2, 0.25) is 0 Å². The van der Waals surface area contributed by atoms with Crippen molar-refractivity contribution in [1.82, 2.24) is 9.88 Å². The monoisotopic (exact) mass is 218 g/mol. The number of nitrogens with zero attached hydrogens (tertiary/aromatic N) is 2. The van der Waals surface area contributed by atoms with Crippen LogP contribution >= 0.6 is 0 Å². The number of fused-ring (bicyclic) bond motifs is 1. The summed E-state index contributed by atoms with van der Waals surface area (Å²) in [5.74, 6) is 0. The lowest BCUT2D eigenvalue weighted by Gasteiger charge is -2.38. The van der Waals surface area contributed by atoms with Crippen LogP contribution in [0.4, 0.5) is 0 Å². The number of aliphatic hydroxyl groups excluding tert-OH is 1. The van der Waals surface area contributed by atoms with Crippen LogP contribution in [0.25, 0.3) is 0 Å². The third kappa shape index (κ3) is 1.64. The predicted molar refractivity (Wildman–Crippen MR) is 62.0 cm³/mol. The Bertz CT molecular complexity index is 356. The lowest BCUT2D eigenvalue weighted by molar-refractivity contribution is 0.0417. The van der Waals surface area contributed by atoms with E-state index in [1.54, 1.807) is 0 Å². The summed E-state index contributed by atoms with van der Waals surface area (Å²) in [6.45, 7) is 2.27. The molecule has 1 N–H and O–H groups in total. The van der Waals surface area contributed by atoms with Gasteiger partial charge in [-0.15, -0.1) is 0 Å². The van der Waals surface area contributed by atoms with Crippen molar-refractivity contribution in [2.24, 2.45) is 5.41 Å². The highest BCUT2D eigenvalue weighted by atomic mass is 16.3. The molecule has 86 valence electrons. The first-order valence-corrected chi connectivity index (χ1v) is 6.07. The Kier molecular flexibility index (Phi) is 2.45. The van der Waals surface area contributed by atoms with Crippen molar-refractivity contribution in [2.45, 2.75) is 25.7 Å². The summed E-state index contributed by atoms with van der Waals surface area (Å²) in [7, 11) is 0. The molecular formula is C13H18N2O. The van der Waals surface area contributed by atoms with E-state index >= 15 is 0 Å². The Balaban J connectivity index is 1.75. The Morgan fingerprint density at radius 3 is 2.81 bits per heavy atom. The van der Waals surface area contributed by atoms with Crippen molar-refractivity contribution in [3.05, 3.63) is 29.6 Å². The predicted octanol–water partition coefficient (Wildman–Crippen LogP) is 1.21. The smallest absolute Gasteiger partial charge is 0.0956 e. The molecule has 0 aromatic carbocycles. The van der Waals surface area contributed by atoms with Gasteiger partial charge in [0, 0.05) is 25.0 Å². The van der Waals surface area contributed by atoms with Crippen molar-refractivity contribution in [2.75, 3.05) is 19.8 Å². The number of hydrogen-bond donors (Lipinski definition) is 1. The van der Waals surface area contributed by atoms with Crippen molar-refractivity contribution < 1.29 is 5.11 Å². The summed E-state index contributed by atoms with van der Waals surface area (Å²) in [4.78, 5) is 6.61. The molecule has 0 unspecified atom stereocenters. The lowest BCUT2D eigenvalue weighted by Crippen LogP contribution is -2.40. The molecule has 1 aliphatic carbocycles. The number of aromatic nitrogens is 1. The normalized spacial score (nSPS) is 23.6. The lowest BCUT2D eigenvalue weighted by atomic mass is 9.76. The molecule has 1 aromatic rings. The summed E-state index contributed by atoms with van der Waals surface area (Å²) in [5, 5.41) is 9.11. The quantitative estimate of drug-likeness (QED) is 0.769. The van der Waals surface area contributed by atoms with E-state index in [0.717, 1.165) is 19.5 Å². The summed E-state index contributed by atoms with van der Waals surface area (Å²) in [6.07, 6.45) is 6.63. The SMILES string of the molecule is OCN1CCC2(CC1)Cc1cccnc1C2. The van der Waals surface area contributed by atoms with Crippen LogP contribution in [0, 0.1) is 5.41 Å². The molecule has 16 heavy (non-hydrogen) atoms. The highest BCUT2D eigenvalue weighted by molar-refractivity contribution is 5.28. The molecule has 0 atom stereocenters. The molecule has 2 aliphatic rings. The Morgan fingerprint density at radius 1 is 1.31 bits per heavy atom. The first-order chi connectivity index (χ1) is 7.81. The fraction of sp³-hybridized carbons (Fsp3) is 0.615. The van der Waals surface area contributed by atoms with Crippen LogP contribution in [0.5, 0.6) is 0 Å². The van der Waals surface area contributed by atoms with Gasteiger partial charge in [-0.3, -0.25) is 9.88 Å². The van der Waals surface area contributed by atoms with Crippen LogP contribution in [-0.2, 0) is 12.8 Å². The van der Waals surface area contributed by atoms with Gasteiger partial charge in [-0.25, -0.2) is 0 Å². The van der Waals surface area contributed by atoms with Crippen LogP contribution in [0.1, 0.15) is 24.1 Å².